The highest BCUT2D eigenvalue weighted by Crippen LogP contribution is 2.14. The predicted molar refractivity (Wildman–Crippen MR) is 69.5 cm³/mol. The van der Waals surface area contributed by atoms with Gasteiger partial charge in [0.05, 0.1) is 5.56 Å². The van der Waals surface area contributed by atoms with Crippen molar-refractivity contribution in [2.45, 2.75) is 6.42 Å². The van der Waals surface area contributed by atoms with E-state index in [1.807, 2.05) is 7.05 Å². The van der Waals surface area contributed by atoms with Gasteiger partial charge in [-0.2, -0.15) is 0 Å². The highest BCUT2D eigenvalue weighted by Gasteiger charge is 2.11. The lowest BCUT2D eigenvalue weighted by Crippen LogP contribution is -2.27. The van der Waals surface area contributed by atoms with Gasteiger partial charge in [0.1, 0.15) is 5.82 Å². The van der Waals surface area contributed by atoms with E-state index in [1.165, 1.54) is 18.2 Å². The second-order valence-corrected chi connectivity index (χ2v) is 3.77. The molecule has 0 heterocycles. The lowest BCUT2D eigenvalue weighted by molar-refractivity contribution is 0.0949. The molecule has 0 fully saturated rings. The highest BCUT2D eigenvalue weighted by atomic mass is 35.5. The molecule has 17 heavy (non-hydrogen) atoms. The van der Waals surface area contributed by atoms with Crippen molar-refractivity contribution in [3.05, 3.63) is 34.6 Å². The zero-order chi connectivity index (χ0) is 12.0. The number of hydrogen-bond donors (Lipinski definition) is 2. The highest BCUT2D eigenvalue weighted by molar-refractivity contribution is 6.30. The number of amides is 1. The normalized spacial score (nSPS) is 9.59. The van der Waals surface area contributed by atoms with Crippen LogP contribution < -0.4 is 10.6 Å². The standard InChI is InChI=1S/C11H14ClFN2O.ClH/c1-14-5-2-6-15-11(16)9-7-8(12)3-4-10(9)13;/h3-4,7,14H,2,5-6H2,1H3,(H,15,16);1H. The van der Waals surface area contributed by atoms with E-state index >= 15 is 0 Å². The molecule has 0 saturated heterocycles. The molecule has 1 amide bonds. The molecular weight excluding hydrogens is 266 g/mol. The van der Waals surface area contributed by atoms with Crippen LogP contribution in [0, 0.1) is 5.82 Å². The van der Waals surface area contributed by atoms with Crippen molar-refractivity contribution >= 4 is 29.9 Å². The summed E-state index contributed by atoms with van der Waals surface area (Å²) in [5, 5.41) is 5.93. The largest absolute Gasteiger partial charge is 0.352 e. The molecule has 0 bridgehead atoms. The summed E-state index contributed by atoms with van der Waals surface area (Å²) in [6, 6.07) is 3.92. The fourth-order valence-corrected chi connectivity index (χ4v) is 1.41. The Labute approximate surface area is 111 Å². The summed E-state index contributed by atoms with van der Waals surface area (Å²) in [6.07, 6.45) is 0.796. The van der Waals surface area contributed by atoms with Crippen LogP contribution in [0.15, 0.2) is 18.2 Å². The average Bonchev–Trinajstić information content (AvgIpc) is 2.27. The summed E-state index contributed by atoms with van der Waals surface area (Å²) < 4.78 is 13.3. The van der Waals surface area contributed by atoms with Crippen LogP contribution in [0.1, 0.15) is 16.8 Å². The van der Waals surface area contributed by atoms with Crippen LogP contribution in [0.5, 0.6) is 0 Å². The fraction of sp³-hybridized carbons (Fsp3) is 0.364. The van der Waals surface area contributed by atoms with Crippen LogP contribution >= 0.6 is 24.0 Å². The van der Waals surface area contributed by atoms with Crippen LogP contribution in [-0.2, 0) is 0 Å². The maximum Gasteiger partial charge on any atom is 0.254 e. The molecule has 0 aromatic heterocycles. The summed E-state index contributed by atoms with van der Waals surface area (Å²) in [5.41, 5.74) is -0.0167. The van der Waals surface area contributed by atoms with Crippen molar-refractivity contribution in [1.82, 2.24) is 10.6 Å². The molecule has 0 aliphatic rings. The van der Waals surface area contributed by atoms with Gasteiger partial charge in [-0.15, -0.1) is 12.4 Å². The van der Waals surface area contributed by atoms with Gasteiger partial charge >= 0.3 is 0 Å². The summed E-state index contributed by atoms with van der Waals surface area (Å²) in [5.74, 6) is -0.994. The Balaban J connectivity index is 0.00000256. The van der Waals surface area contributed by atoms with Crippen LogP contribution in [0.2, 0.25) is 5.02 Å². The predicted octanol–water partition coefficient (Wildman–Crippen LogP) is 2.24. The average molecular weight is 281 g/mol. The van der Waals surface area contributed by atoms with Crippen molar-refractivity contribution in [1.29, 1.82) is 0 Å². The van der Waals surface area contributed by atoms with Crippen molar-refractivity contribution in [3.63, 3.8) is 0 Å². The van der Waals surface area contributed by atoms with Crippen molar-refractivity contribution < 1.29 is 9.18 Å². The third kappa shape index (κ3) is 5.35. The molecule has 1 rings (SSSR count). The minimum absolute atomic E-state index is 0. The summed E-state index contributed by atoms with van der Waals surface area (Å²) >= 11 is 5.69. The van der Waals surface area contributed by atoms with E-state index in [4.69, 9.17) is 11.6 Å². The minimum Gasteiger partial charge on any atom is -0.352 e. The van der Waals surface area contributed by atoms with Gasteiger partial charge < -0.3 is 10.6 Å². The third-order valence-electron chi connectivity index (χ3n) is 2.06. The summed E-state index contributed by atoms with van der Waals surface area (Å²) in [7, 11) is 1.83. The van der Waals surface area contributed by atoms with E-state index < -0.39 is 11.7 Å². The molecule has 0 saturated carbocycles. The molecule has 96 valence electrons. The molecule has 0 aliphatic heterocycles. The molecule has 1 aromatic rings. The molecule has 0 aliphatic carbocycles. The minimum atomic E-state index is -0.560. The fourth-order valence-electron chi connectivity index (χ4n) is 1.23. The van der Waals surface area contributed by atoms with Gasteiger partial charge in [0, 0.05) is 11.6 Å². The molecule has 6 heteroatoms. The quantitative estimate of drug-likeness (QED) is 0.813. The van der Waals surface area contributed by atoms with E-state index in [0.717, 1.165) is 13.0 Å². The Morgan fingerprint density at radius 3 is 2.76 bits per heavy atom. The number of nitrogens with one attached hydrogen (secondary N) is 2. The first-order chi connectivity index (χ1) is 7.65. The smallest absolute Gasteiger partial charge is 0.254 e. The molecular formula is C11H15Cl2FN2O. The molecule has 0 atom stereocenters. The zero-order valence-corrected chi connectivity index (χ0v) is 11.0. The van der Waals surface area contributed by atoms with Crippen molar-refractivity contribution in [3.8, 4) is 0 Å². The van der Waals surface area contributed by atoms with Gasteiger partial charge in [0.25, 0.3) is 5.91 Å². The summed E-state index contributed by atoms with van der Waals surface area (Å²) in [6.45, 7) is 1.31. The molecule has 0 unspecified atom stereocenters. The number of halogens is 3. The van der Waals surface area contributed by atoms with Crippen LogP contribution in [0.25, 0.3) is 0 Å². The number of benzene rings is 1. The molecule has 3 nitrogen and oxygen atoms in total. The van der Waals surface area contributed by atoms with E-state index in [2.05, 4.69) is 10.6 Å². The van der Waals surface area contributed by atoms with Gasteiger partial charge in [-0.25, -0.2) is 4.39 Å². The topological polar surface area (TPSA) is 41.1 Å². The molecule has 1 aromatic carbocycles. The van der Waals surface area contributed by atoms with E-state index in [-0.39, 0.29) is 18.0 Å². The van der Waals surface area contributed by atoms with Crippen LogP contribution in [0.4, 0.5) is 4.39 Å². The lowest BCUT2D eigenvalue weighted by Gasteiger charge is -2.06. The first-order valence-corrected chi connectivity index (χ1v) is 5.41. The first-order valence-electron chi connectivity index (χ1n) is 5.03. The van der Waals surface area contributed by atoms with Gasteiger partial charge in [-0.1, -0.05) is 11.6 Å². The van der Waals surface area contributed by atoms with E-state index in [1.54, 1.807) is 0 Å². The van der Waals surface area contributed by atoms with Crippen LogP contribution in [-0.4, -0.2) is 26.0 Å². The number of carbonyl (C=O) groups is 1. The van der Waals surface area contributed by atoms with Gasteiger partial charge in [-0.3, -0.25) is 4.79 Å². The molecule has 2 N–H and O–H groups in total. The second-order valence-electron chi connectivity index (χ2n) is 3.34. The second kappa shape index (κ2) is 8.28. The Morgan fingerprint density at radius 1 is 1.41 bits per heavy atom. The van der Waals surface area contributed by atoms with E-state index in [0.29, 0.717) is 11.6 Å². The SMILES string of the molecule is CNCCCNC(=O)c1cc(Cl)ccc1F.Cl. The Hall–Kier alpha value is -0.840. The number of rotatable bonds is 5. The Bertz CT molecular complexity index is 374. The van der Waals surface area contributed by atoms with Crippen LogP contribution in [0.3, 0.4) is 0 Å². The Kier molecular flexibility index (Phi) is 7.87. The van der Waals surface area contributed by atoms with E-state index in [9.17, 15) is 9.18 Å². The summed E-state index contributed by atoms with van der Waals surface area (Å²) in [4.78, 5) is 11.6. The zero-order valence-electron chi connectivity index (χ0n) is 9.43. The molecule has 0 radical (unpaired) electrons. The number of carbonyl (C=O) groups excluding carboxylic acids is 1. The van der Waals surface area contributed by atoms with Gasteiger partial charge in [0.15, 0.2) is 0 Å². The number of hydrogen-bond acceptors (Lipinski definition) is 2. The first kappa shape index (κ1) is 16.2. The van der Waals surface area contributed by atoms with Crippen molar-refractivity contribution in [2.75, 3.05) is 20.1 Å². The monoisotopic (exact) mass is 280 g/mol. The lowest BCUT2D eigenvalue weighted by atomic mass is 10.2. The Morgan fingerprint density at radius 2 is 2.12 bits per heavy atom. The van der Waals surface area contributed by atoms with Gasteiger partial charge in [-0.05, 0) is 38.2 Å². The van der Waals surface area contributed by atoms with Crippen molar-refractivity contribution in [2.24, 2.45) is 0 Å². The molecule has 0 spiro atoms. The van der Waals surface area contributed by atoms with Gasteiger partial charge in [0.2, 0.25) is 0 Å². The maximum atomic E-state index is 13.3. The third-order valence-corrected chi connectivity index (χ3v) is 2.30. The maximum absolute atomic E-state index is 13.3.